The van der Waals surface area contributed by atoms with Crippen LogP contribution >= 0.6 is 15.9 Å². The summed E-state index contributed by atoms with van der Waals surface area (Å²) in [7, 11) is 0. The molecule has 1 aromatic heterocycles. The van der Waals surface area contributed by atoms with Crippen LogP contribution in [0.1, 0.15) is 32.3 Å². The summed E-state index contributed by atoms with van der Waals surface area (Å²) in [4.78, 5) is 11.2. The molecule has 2 heterocycles. The van der Waals surface area contributed by atoms with Gasteiger partial charge in [0.15, 0.2) is 0 Å². The topological polar surface area (TPSA) is 29.0 Å². The normalized spacial score (nSPS) is 25.8. The molecular formula is C12H18BrN3. The van der Waals surface area contributed by atoms with Gasteiger partial charge >= 0.3 is 0 Å². The fourth-order valence-electron chi connectivity index (χ4n) is 2.27. The number of piperidine rings is 1. The maximum Gasteiger partial charge on any atom is 0.225 e. The van der Waals surface area contributed by atoms with Crippen LogP contribution in [0.25, 0.3) is 0 Å². The van der Waals surface area contributed by atoms with Crippen molar-refractivity contribution < 1.29 is 0 Å². The number of alkyl halides is 1. The lowest BCUT2D eigenvalue weighted by molar-refractivity contribution is 0.374. The van der Waals surface area contributed by atoms with E-state index in [9.17, 15) is 0 Å². The highest BCUT2D eigenvalue weighted by atomic mass is 79.9. The van der Waals surface area contributed by atoms with Crippen LogP contribution in [0.2, 0.25) is 0 Å². The van der Waals surface area contributed by atoms with Gasteiger partial charge in [0.05, 0.1) is 0 Å². The van der Waals surface area contributed by atoms with E-state index in [0.717, 1.165) is 29.3 Å². The van der Waals surface area contributed by atoms with Gasteiger partial charge in [-0.1, -0.05) is 22.9 Å². The van der Waals surface area contributed by atoms with Gasteiger partial charge in [0.2, 0.25) is 5.95 Å². The van der Waals surface area contributed by atoms with Gasteiger partial charge in [0, 0.05) is 30.3 Å². The molecule has 0 amide bonds. The van der Waals surface area contributed by atoms with Crippen LogP contribution in [0.4, 0.5) is 5.95 Å². The van der Waals surface area contributed by atoms with Gasteiger partial charge in [0.25, 0.3) is 0 Å². The van der Waals surface area contributed by atoms with Gasteiger partial charge < -0.3 is 4.90 Å². The number of halogens is 1. The molecule has 3 nitrogen and oxygen atoms in total. The zero-order valence-corrected chi connectivity index (χ0v) is 11.4. The van der Waals surface area contributed by atoms with Crippen molar-refractivity contribution >= 4 is 21.9 Å². The molecule has 1 aliphatic heterocycles. The van der Waals surface area contributed by atoms with E-state index >= 15 is 0 Å². The number of rotatable bonds is 2. The van der Waals surface area contributed by atoms with E-state index in [4.69, 9.17) is 0 Å². The van der Waals surface area contributed by atoms with Crippen molar-refractivity contribution in [1.82, 2.24) is 9.97 Å². The van der Waals surface area contributed by atoms with Gasteiger partial charge in [-0.2, -0.15) is 0 Å². The molecule has 1 aromatic rings. The van der Waals surface area contributed by atoms with Gasteiger partial charge in [-0.15, -0.1) is 0 Å². The first-order valence-corrected chi connectivity index (χ1v) is 6.96. The highest BCUT2D eigenvalue weighted by Crippen LogP contribution is 2.25. The minimum atomic E-state index is 0.554. The zero-order valence-electron chi connectivity index (χ0n) is 9.86. The number of anilines is 1. The van der Waals surface area contributed by atoms with E-state index in [1.54, 1.807) is 0 Å². The fraction of sp³-hybridized carbons (Fsp3) is 0.667. The molecule has 2 atom stereocenters. The Hall–Kier alpha value is -0.640. The predicted molar refractivity (Wildman–Crippen MR) is 69.9 cm³/mol. The molecule has 0 saturated carbocycles. The number of nitrogens with zero attached hydrogens (tertiary/aromatic N) is 3. The van der Waals surface area contributed by atoms with Gasteiger partial charge in [-0.25, -0.2) is 9.97 Å². The van der Waals surface area contributed by atoms with Gasteiger partial charge in [-0.3, -0.25) is 0 Å². The molecule has 4 heteroatoms. The average Bonchev–Trinajstić information content (AvgIpc) is 2.29. The highest BCUT2D eigenvalue weighted by Gasteiger charge is 2.24. The number of hydrogen-bond donors (Lipinski definition) is 0. The molecule has 88 valence electrons. The number of hydrogen-bond acceptors (Lipinski definition) is 3. The van der Waals surface area contributed by atoms with Crippen LogP contribution in [0.3, 0.4) is 0 Å². The van der Waals surface area contributed by atoms with Crippen molar-refractivity contribution in [2.75, 3.05) is 11.4 Å². The first-order valence-electron chi connectivity index (χ1n) is 5.84. The quantitative estimate of drug-likeness (QED) is 0.782. The van der Waals surface area contributed by atoms with Crippen molar-refractivity contribution in [1.29, 1.82) is 0 Å². The summed E-state index contributed by atoms with van der Waals surface area (Å²) < 4.78 is 0. The summed E-state index contributed by atoms with van der Waals surface area (Å²) in [6.07, 6.45) is 6.29. The maximum absolute atomic E-state index is 4.43. The van der Waals surface area contributed by atoms with Crippen molar-refractivity contribution in [3.8, 4) is 0 Å². The molecule has 0 bridgehead atoms. The minimum absolute atomic E-state index is 0.554. The van der Waals surface area contributed by atoms with E-state index in [1.807, 2.05) is 12.4 Å². The lowest BCUT2D eigenvalue weighted by atomic mass is 9.94. The van der Waals surface area contributed by atoms with Crippen molar-refractivity contribution in [2.24, 2.45) is 5.92 Å². The maximum atomic E-state index is 4.43. The molecule has 1 fully saturated rings. The Kier molecular flexibility index (Phi) is 3.79. The van der Waals surface area contributed by atoms with Crippen molar-refractivity contribution in [3.63, 3.8) is 0 Å². The first kappa shape index (κ1) is 11.8. The monoisotopic (exact) mass is 283 g/mol. The van der Waals surface area contributed by atoms with E-state index in [1.165, 1.54) is 12.8 Å². The zero-order chi connectivity index (χ0) is 11.5. The third kappa shape index (κ3) is 2.54. The summed E-state index contributed by atoms with van der Waals surface area (Å²) >= 11 is 3.40. The third-order valence-corrected chi connectivity index (χ3v) is 3.89. The standard InChI is InChI=1S/C12H18BrN3/c1-9-3-4-16(10(2)5-9)12-14-7-11(6-13)8-15-12/h7-10H,3-6H2,1-2H3. The third-order valence-electron chi connectivity index (χ3n) is 3.24. The van der Waals surface area contributed by atoms with E-state index in [0.29, 0.717) is 6.04 Å². The van der Waals surface area contributed by atoms with Crippen LogP contribution in [-0.4, -0.2) is 22.6 Å². The summed E-state index contributed by atoms with van der Waals surface area (Å²) in [5.74, 6) is 1.71. The van der Waals surface area contributed by atoms with Crippen LogP contribution in [0.5, 0.6) is 0 Å². The predicted octanol–water partition coefficient (Wildman–Crippen LogP) is 3.00. The molecule has 1 saturated heterocycles. The molecule has 0 radical (unpaired) electrons. The molecule has 2 unspecified atom stereocenters. The second-order valence-electron chi connectivity index (χ2n) is 4.70. The average molecular weight is 284 g/mol. The number of aromatic nitrogens is 2. The van der Waals surface area contributed by atoms with Gasteiger partial charge in [0.1, 0.15) is 0 Å². The summed E-state index contributed by atoms with van der Waals surface area (Å²) in [5, 5.41) is 0.819. The van der Waals surface area contributed by atoms with Crippen LogP contribution in [0.15, 0.2) is 12.4 Å². The van der Waals surface area contributed by atoms with Crippen LogP contribution < -0.4 is 4.90 Å². The Labute approximate surface area is 105 Å². The Balaban J connectivity index is 2.11. The summed E-state index contributed by atoms with van der Waals surface area (Å²) in [6.45, 7) is 5.66. The van der Waals surface area contributed by atoms with E-state index < -0.39 is 0 Å². The summed E-state index contributed by atoms with van der Waals surface area (Å²) in [5.41, 5.74) is 1.13. The highest BCUT2D eigenvalue weighted by molar-refractivity contribution is 9.08. The molecular weight excluding hydrogens is 266 g/mol. The Morgan fingerprint density at radius 1 is 1.38 bits per heavy atom. The van der Waals surface area contributed by atoms with Crippen LogP contribution in [-0.2, 0) is 5.33 Å². The molecule has 0 spiro atoms. The second kappa shape index (κ2) is 5.13. The van der Waals surface area contributed by atoms with E-state index in [2.05, 4.69) is 44.6 Å². The minimum Gasteiger partial charge on any atom is -0.338 e. The fourth-order valence-corrected chi connectivity index (χ4v) is 2.56. The van der Waals surface area contributed by atoms with E-state index in [-0.39, 0.29) is 0 Å². The van der Waals surface area contributed by atoms with Crippen LogP contribution in [0, 0.1) is 5.92 Å². The first-order chi connectivity index (χ1) is 7.70. The summed E-state index contributed by atoms with van der Waals surface area (Å²) in [6, 6.07) is 0.554. The van der Waals surface area contributed by atoms with Gasteiger partial charge in [-0.05, 0) is 31.2 Å². The Morgan fingerprint density at radius 3 is 2.62 bits per heavy atom. The molecule has 0 aliphatic carbocycles. The lowest BCUT2D eigenvalue weighted by Crippen LogP contribution is -2.41. The molecule has 16 heavy (non-hydrogen) atoms. The largest absolute Gasteiger partial charge is 0.338 e. The smallest absolute Gasteiger partial charge is 0.225 e. The van der Waals surface area contributed by atoms with Crippen molar-refractivity contribution in [2.45, 2.75) is 38.1 Å². The Bertz CT molecular complexity index is 339. The van der Waals surface area contributed by atoms with Crippen molar-refractivity contribution in [3.05, 3.63) is 18.0 Å². The molecule has 2 rings (SSSR count). The second-order valence-corrected chi connectivity index (χ2v) is 5.26. The lowest BCUT2D eigenvalue weighted by Gasteiger charge is -2.36. The molecule has 1 aliphatic rings. The molecule has 0 N–H and O–H groups in total. The molecule has 0 aromatic carbocycles. The SMILES string of the molecule is CC1CCN(c2ncc(CBr)cn2)C(C)C1. The Morgan fingerprint density at radius 2 is 2.06 bits per heavy atom.